The largest absolute Gasteiger partial charge is 0.395 e. The number of carbonyl (C=O) groups excluding carboxylic acids is 1. The Hall–Kier alpha value is -0.980. The molecule has 0 aliphatic rings. The van der Waals surface area contributed by atoms with Crippen molar-refractivity contribution in [3.63, 3.8) is 0 Å². The van der Waals surface area contributed by atoms with Gasteiger partial charge in [-0.2, -0.15) is 0 Å². The molecule has 0 aliphatic carbocycles. The van der Waals surface area contributed by atoms with Crippen molar-refractivity contribution in [3.8, 4) is 0 Å². The van der Waals surface area contributed by atoms with Gasteiger partial charge in [-0.15, -0.1) is 0 Å². The second-order valence-corrected chi connectivity index (χ2v) is 4.02. The van der Waals surface area contributed by atoms with Crippen LogP contribution in [0, 0.1) is 0 Å². The number of rotatable bonds is 5. The summed E-state index contributed by atoms with van der Waals surface area (Å²) in [6, 6.07) is 3.31. The first-order valence-corrected chi connectivity index (χ1v) is 5.61. The highest BCUT2D eigenvalue weighted by molar-refractivity contribution is 9.10. The number of aromatic nitrogens is 1. The van der Waals surface area contributed by atoms with Crippen molar-refractivity contribution < 1.29 is 15.0 Å². The van der Waals surface area contributed by atoms with E-state index >= 15 is 0 Å². The third kappa shape index (κ3) is 3.55. The maximum Gasteiger partial charge on any atom is 0.272 e. The highest BCUT2D eigenvalue weighted by Crippen LogP contribution is 2.09. The minimum atomic E-state index is -0.296. The molecule has 0 fully saturated rings. The Morgan fingerprint density at radius 3 is 2.38 bits per heavy atom. The quantitative estimate of drug-likeness (QED) is 0.816. The van der Waals surface area contributed by atoms with Crippen LogP contribution in [0.3, 0.4) is 0 Å². The van der Waals surface area contributed by atoms with Crippen molar-refractivity contribution in [1.29, 1.82) is 0 Å². The zero-order valence-corrected chi connectivity index (χ0v) is 10.2. The highest BCUT2D eigenvalue weighted by atomic mass is 79.9. The number of aliphatic hydroxyl groups is 2. The van der Waals surface area contributed by atoms with E-state index in [1.54, 1.807) is 12.1 Å². The van der Waals surface area contributed by atoms with Gasteiger partial charge in [0.1, 0.15) is 5.69 Å². The molecule has 16 heavy (non-hydrogen) atoms. The van der Waals surface area contributed by atoms with Gasteiger partial charge in [0, 0.05) is 23.8 Å². The lowest BCUT2D eigenvalue weighted by Crippen LogP contribution is -2.36. The molecule has 0 saturated carbocycles. The van der Waals surface area contributed by atoms with Crippen molar-refractivity contribution in [2.75, 3.05) is 26.3 Å². The highest BCUT2D eigenvalue weighted by Gasteiger charge is 2.15. The Labute approximate surface area is 102 Å². The van der Waals surface area contributed by atoms with Gasteiger partial charge in [-0.25, -0.2) is 4.98 Å². The predicted molar refractivity (Wildman–Crippen MR) is 62.0 cm³/mol. The van der Waals surface area contributed by atoms with Crippen LogP contribution < -0.4 is 0 Å². The van der Waals surface area contributed by atoms with Gasteiger partial charge in [-0.3, -0.25) is 4.79 Å². The number of halogens is 1. The molecule has 0 unspecified atom stereocenters. The maximum absolute atomic E-state index is 11.9. The number of carbonyl (C=O) groups is 1. The minimum absolute atomic E-state index is 0.137. The molecule has 0 atom stereocenters. The van der Waals surface area contributed by atoms with E-state index in [1.165, 1.54) is 11.1 Å². The van der Waals surface area contributed by atoms with E-state index in [9.17, 15) is 4.79 Å². The minimum Gasteiger partial charge on any atom is -0.395 e. The van der Waals surface area contributed by atoms with Crippen molar-refractivity contribution in [3.05, 3.63) is 28.5 Å². The number of pyridine rings is 1. The maximum atomic E-state index is 11.9. The fraction of sp³-hybridized carbons (Fsp3) is 0.400. The third-order valence-electron chi connectivity index (χ3n) is 1.97. The molecule has 6 heteroatoms. The molecule has 0 radical (unpaired) electrons. The third-order valence-corrected chi connectivity index (χ3v) is 2.44. The second kappa shape index (κ2) is 6.57. The average Bonchev–Trinajstić information content (AvgIpc) is 2.29. The molecule has 1 heterocycles. The number of aliphatic hydroxyl groups excluding tert-OH is 2. The van der Waals surface area contributed by atoms with Crippen molar-refractivity contribution in [1.82, 2.24) is 9.88 Å². The van der Waals surface area contributed by atoms with Gasteiger partial charge in [-0.05, 0) is 28.1 Å². The summed E-state index contributed by atoms with van der Waals surface area (Å²) in [5.74, 6) is -0.296. The van der Waals surface area contributed by atoms with Crippen LogP contribution in [0.15, 0.2) is 22.8 Å². The standard InChI is InChI=1S/C10H13BrN2O3/c11-8-1-2-9(12-7-8)10(16)13(3-5-14)4-6-15/h1-2,7,14-15H,3-6H2. The fourth-order valence-electron chi connectivity index (χ4n) is 1.22. The molecule has 0 aromatic carbocycles. The van der Waals surface area contributed by atoms with E-state index in [2.05, 4.69) is 20.9 Å². The summed E-state index contributed by atoms with van der Waals surface area (Å²) in [4.78, 5) is 17.2. The van der Waals surface area contributed by atoms with Gasteiger partial charge < -0.3 is 15.1 Å². The molecule has 1 aromatic heterocycles. The van der Waals surface area contributed by atoms with E-state index in [0.717, 1.165) is 4.47 Å². The van der Waals surface area contributed by atoms with E-state index in [1.807, 2.05) is 0 Å². The van der Waals surface area contributed by atoms with Crippen LogP contribution in [0.4, 0.5) is 0 Å². The Morgan fingerprint density at radius 2 is 1.94 bits per heavy atom. The Bertz CT molecular complexity index is 336. The molecule has 0 aliphatic heterocycles. The van der Waals surface area contributed by atoms with Crippen LogP contribution in [0.5, 0.6) is 0 Å². The molecule has 0 bridgehead atoms. The topological polar surface area (TPSA) is 73.7 Å². The Kier molecular flexibility index (Phi) is 5.37. The van der Waals surface area contributed by atoms with Gasteiger partial charge in [0.15, 0.2) is 0 Å². The first-order valence-electron chi connectivity index (χ1n) is 4.81. The van der Waals surface area contributed by atoms with E-state index in [0.29, 0.717) is 5.69 Å². The first kappa shape index (κ1) is 13.1. The van der Waals surface area contributed by atoms with Crippen LogP contribution in [0.25, 0.3) is 0 Å². The predicted octanol–water partition coefficient (Wildman–Crippen LogP) is 0.271. The molecule has 0 saturated heterocycles. The van der Waals surface area contributed by atoms with Gasteiger partial charge in [0.2, 0.25) is 0 Å². The zero-order valence-electron chi connectivity index (χ0n) is 8.64. The molecule has 0 spiro atoms. The fourth-order valence-corrected chi connectivity index (χ4v) is 1.46. The monoisotopic (exact) mass is 288 g/mol. The van der Waals surface area contributed by atoms with E-state index in [4.69, 9.17) is 10.2 Å². The average molecular weight is 289 g/mol. The lowest BCUT2D eigenvalue weighted by molar-refractivity contribution is 0.0679. The normalized spacial score (nSPS) is 10.2. The first-order chi connectivity index (χ1) is 7.69. The summed E-state index contributed by atoms with van der Waals surface area (Å²) in [5.41, 5.74) is 0.296. The van der Waals surface area contributed by atoms with Gasteiger partial charge in [-0.1, -0.05) is 0 Å². The molecule has 1 aromatic rings. The summed E-state index contributed by atoms with van der Waals surface area (Å²) in [6.07, 6.45) is 1.53. The number of hydrogen-bond donors (Lipinski definition) is 2. The molecule has 1 amide bonds. The second-order valence-electron chi connectivity index (χ2n) is 3.10. The van der Waals surface area contributed by atoms with Crippen LogP contribution in [0.2, 0.25) is 0 Å². The summed E-state index contributed by atoms with van der Waals surface area (Å²) < 4.78 is 0.792. The molecular formula is C10H13BrN2O3. The lowest BCUT2D eigenvalue weighted by atomic mass is 10.3. The SMILES string of the molecule is O=C(c1ccc(Br)cn1)N(CCO)CCO. The number of nitrogens with zero attached hydrogens (tertiary/aromatic N) is 2. The molecule has 2 N–H and O–H groups in total. The lowest BCUT2D eigenvalue weighted by Gasteiger charge is -2.19. The molecule has 88 valence electrons. The van der Waals surface area contributed by atoms with Crippen molar-refractivity contribution in [2.45, 2.75) is 0 Å². The molecule has 5 nitrogen and oxygen atoms in total. The van der Waals surface area contributed by atoms with Crippen LogP contribution in [0.1, 0.15) is 10.5 Å². The summed E-state index contributed by atoms with van der Waals surface area (Å²) in [5, 5.41) is 17.6. The molecular weight excluding hydrogens is 276 g/mol. The smallest absolute Gasteiger partial charge is 0.272 e. The van der Waals surface area contributed by atoms with Gasteiger partial charge in [0.25, 0.3) is 5.91 Å². The summed E-state index contributed by atoms with van der Waals surface area (Å²) >= 11 is 3.23. The van der Waals surface area contributed by atoms with Gasteiger partial charge >= 0.3 is 0 Å². The number of amides is 1. The summed E-state index contributed by atoms with van der Waals surface area (Å²) in [7, 11) is 0. The van der Waals surface area contributed by atoms with Crippen LogP contribution >= 0.6 is 15.9 Å². The Morgan fingerprint density at radius 1 is 1.31 bits per heavy atom. The van der Waals surface area contributed by atoms with Crippen molar-refractivity contribution in [2.24, 2.45) is 0 Å². The van der Waals surface area contributed by atoms with Crippen molar-refractivity contribution >= 4 is 21.8 Å². The van der Waals surface area contributed by atoms with Gasteiger partial charge in [0.05, 0.1) is 13.2 Å². The van der Waals surface area contributed by atoms with Crippen LogP contribution in [-0.4, -0.2) is 52.3 Å². The van der Waals surface area contributed by atoms with Crippen LogP contribution in [-0.2, 0) is 0 Å². The zero-order chi connectivity index (χ0) is 12.0. The molecule has 1 rings (SSSR count). The Balaban J connectivity index is 2.77. The van der Waals surface area contributed by atoms with E-state index < -0.39 is 0 Å². The number of hydrogen-bond acceptors (Lipinski definition) is 4. The summed E-state index contributed by atoms with van der Waals surface area (Å²) in [6.45, 7) is 0.110. The van der Waals surface area contributed by atoms with E-state index in [-0.39, 0.29) is 32.2 Å².